The van der Waals surface area contributed by atoms with Crippen molar-refractivity contribution >= 4 is 5.97 Å². The summed E-state index contributed by atoms with van der Waals surface area (Å²) in [6.07, 6.45) is -0.618. The molecule has 0 spiro atoms. The quantitative estimate of drug-likeness (QED) is 0.682. The second-order valence-corrected chi connectivity index (χ2v) is 5.17. The van der Waals surface area contributed by atoms with Crippen molar-refractivity contribution in [3.05, 3.63) is 71.6 Å². The van der Waals surface area contributed by atoms with Gasteiger partial charge in [-0.2, -0.15) is 0 Å². The monoisotopic (exact) mass is 308 g/mol. The average molecular weight is 308 g/mol. The molecule has 5 nitrogen and oxygen atoms in total. The van der Waals surface area contributed by atoms with E-state index in [0.717, 1.165) is 11.1 Å². The molecule has 0 N–H and O–H groups in total. The van der Waals surface area contributed by atoms with E-state index in [9.17, 15) is 4.79 Å². The lowest BCUT2D eigenvalue weighted by atomic mass is 10.1. The minimum Gasteiger partial charge on any atom is -0.449 e. The van der Waals surface area contributed by atoms with E-state index >= 15 is 0 Å². The van der Waals surface area contributed by atoms with Crippen LogP contribution in [0.4, 0.5) is 0 Å². The molecule has 1 atom stereocenters. The van der Waals surface area contributed by atoms with Crippen molar-refractivity contribution in [3.63, 3.8) is 0 Å². The highest BCUT2D eigenvalue weighted by Crippen LogP contribution is 2.23. The number of esters is 1. The number of hydrogen-bond donors (Lipinski definition) is 0. The summed E-state index contributed by atoms with van der Waals surface area (Å²) in [5.74, 6) is 0.264. The number of carbonyl (C=O) groups excluding carboxylic acids is 1. The molecule has 0 amide bonds. The SMILES string of the molecule is Cc1ccccc1C(=O)O[C@H](C)c1nnc(-c2ccccc2)o1. The van der Waals surface area contributed by atoms with Crippen LogP contribution >= 0.6 is 0 Å². The predicted molar refractivity (Wildman–Crippen MR) is 84.7 cm³/mol. The van der Waals surface area contributed by atoms with Gasteiger partial charge in [0.25, 0.3) is 5.89 Å². The van der Waals surface area contributed by atoms with Gasteiger partial charge in [-0.1, -0.05) is 36.4 Å². The first kappa shape index (κ1) is 15.0. The zero-order valence-corrected chi connectivity index (χ0v) is 12.9. The van der Waals surface area contributed by atoms with Gasteiger partial charge < -0.3 is 9.15 Å². The molecule has 116 valence electrons. The molecule has 0 saturated heterocycles. The van der Waals surface area contributed by atoms with Gasteiger partial charge in [0.05, 0.1) is 5.56 Å². The first-order valence-electron chi connectivity index (χ1n) is 7.30. The normalized spacial score (nSPS) is 11.9. The van der Waals surface area contributed by atoms with Crippen LogP contribution in [0.3, 0.4) is 0 Å². The molecule has 3 aromatic rings. The van der Waals surface area contributed by atoms with Crippen LogP contribution in [0.1, 0.15) is 34.8 Å². The Morgan fingerprint density at radius 2 is 1.74 bits per heavy atom. The zero-order chi connectivity index (χ0) is 16.2. The molecule has 3 rings (SSSR count). The van der Waals surface area contributed by atoms with E-state index < -0.39 is 12.1 Å². The van der Waals surface area contributed by atoms with Gasteiger partial charge in [-0.3, -0.25) is 0 Å². The first-order chi connectivity index (χ1) is 11.1. The van der Waals surface area contributed by atoms with E-state index in [1.807, 2.05) is 49.4 Å². The third kappa shape index (κ3) is 3.29. The van der Waals surface area contributed by atoms with Gasteiger partial charge in [-0.25, -0.2) is 4.79 Å². The maximum Gasteiger partial charge on any atom is 0.339 e. The smallest absolute Gasteiger partial charge is 0.339 e. The van der Waals surface area contributed by atoms with Crippen LogP contribution in [-0.2, 0) is 4.74 Å². The minimum absolute atomic E-state index is 0.269. The van der Waals surface area contributed by atoms with Gasteiger partial charge in [-0.05, 0) is 37.6 Å². The molecule has 2 aromatic carbocycles. The Morgan fingerprint density at radius 3 is 2.48 bits per heavy atom. The molecule has 0 fully saturated rings. The lowest BCUT2D eigenvalue weighted by Crippen LogP contribution is -2.10. The molecular formula is C18H16N2O3. The summed E-state index contributed by atoms with van der Waals surface area (Å²) in [7, 11) is 0. The summed E-state index contributed by atoms with van der Waals surface area (Å²) in [5, 5.41) is 7.96. The third-order valence-electron chi connectivity index (χ3n) is 3.46. The Labute approximate surface area is 133 Å². The molecule has 23 heavy (non-hydrogen) atoms. The number of benzene rings is 2. The van der Waals surface area contributed by atoms with Crippen LogP contribution in [0, 0.1) is 6.92 Å². The maximum atomic E-state index is 12.2. The molecule has 0 aliphatic heterocycles. The van der Waals surface area contributed by atoms with E-state index in [4.69, 9.17) is 9.15 Å². The highest BCUT2D eigenvalue weighted by Gasteiger charge is 2.20. The number of hydrogen-bond acceptors (Lipinski definition) is 5. The summed E-state index contributed by atoms with van der Waals surface area (Å²) >= 11 is 0. The number of aromatic nitrogens is 2. The Hall–Kier alpha value is -2.95. The van der Waals surface area contributed by atoms with Crippen LogP contribution in [0.2, 0.25) is 0 Å². The molecule has 1 aromatic heterocycles. The molecule has 5 heteroatoms. The van der Waals surface area contributed by atoms with Crippen LogP contribution in [0.15, 0.2) is 59.0 Å². The van der Waals surface area contributed by atoms with E-state index in [-0.39, 0.29) is 5.89 Å². The molecule has 0 radical (unpaired) electrons. The van der Waals surface area contributed by atoms with E-state index in [0.29, 0.717) is 11.5 Å². The van der Waals surface area contributed by atoms with Gasteiger partial charge >= 0.3 is 5.97 Å². The fourth-order valence-electron chi connectivity index (χ4n) is 2.17. The summed E-state index contributed by atoms with van der Waals surface area (Å²) in [6.45, 7) is 3.57. The minimum atomic E-state index is -0.618. The largest absolute Gasteiger partial charge is 0.449 e. The van der Waals surface area contributed by atoms with Crippen LogP contribution < -0.4 is 0 Å². The first-order valence-corrected chi connectivity index (χ1v) is 7.30. The molecule has 0 saturated carbocycles. The van der Waals surface area contributed by atoms with E-state index in [2.05, 4.69) is 10.2 Å². The van der Waals surface area contributed by atoms with Gasteiger partial charge in [0.1, 0.15) is 0 Å². The maximum absolute atomic E-state index is 12.2. The van der Waals surface area contributed by atoms with E-state index in [1.165, 1.54) is 0 Å². The number of aryl methyl sites for hydroxylation is 1. The van der Waals surface area contributed by atoms with Crippen molar-refractivity contribution < 1.29 is 13.9 Å². The lowest BCUT2D eigenvalue weighted by Gasteiger charge is -2.10. The fraction of sp³-hybridized carbons (Fsp3) is 0.167. The standard InChI is InChI=1S/C18H16N2O3/c1-12-8-6-7-11-15(12)18(21)22-13(2)16-19-20-17(23-16)14-9-4-3-5-10-14/h3-11,13H,1-2H3/t13-/m1/s1. The highest BCUT2D eigenvalue weighted by molar-refractivity contribution is 5.91. The Bertz CT molecular complexity index is 812. The van der Waals surface area contributed by atoms with Gasteiger partial charge in [0, 0.05) is 5.56 Å². The van der Waals surface area contributed by atoms with Gasteiger partial charge in [-0.15, -0.1) is 10.2 Å². The highest BCUT2D eigenvalue weighted by atomic mass is 16.6. The predicted octanol–water partition coefficient (Wildman–Crippen LogP) is 3.96. The van der Waals surface area contributed by atoms with Crippen molar-refractivity contribution in [1.29, 1.82) is 0 Å². The second kappa shape index (κ2) is 6.44. The Balaban J connectivity index is 1.74. The number of carbonyl (C=O) groups is 1. The summed E-state index contributed by atoms with van der Waals surface area (Å²) < 4.78 is 11.0. The van der Waals surface area contributed by atoms with Crippen molar-refractivity contribution in [3.8, 4) is 11.5 Å². The summed E-state index contributed by atoms with van der Waals surface area (Å²) in [4.78, 5) is 12.2. The summed E-state index contributed by atoms with van der Waals surface area (Å²) in [6, 6.07) is 16.7. The topological polar surface area (TPSA) is 65.2 Å². The van der Waals surface area contributed by atoms with Crippen LogP contribution in [-0.4, -0.2) is 16.2 Å². The Morgan fingerprint density at radius 1 is 1.04 bits per heavy atom. The molecule has 0 aliphatic rings. The molecule has 0 bridgehead atoms. The molecule has 0 aliphatic carbocycles. The number of ether oxygens (including phenoxy) is 1. The zero-order valence-electron chi connectivity index (χ0n) is 12.9. The van der Waals surface area contributed by atoms with Gasteiger partial charge in [0.2, 0.25) is 5.89 Å². The molecule has 1 heterocycles. The number of nitrogens with zero attached hydrogens (tertiary/aromatic N) is 2. The van der Waals surface area contributed by atoms with Crippen molar-refractivity contribution in [2.24, 2.45) is 0 Å². The summed E-state index contributed by atoms with van der Waals surface area (Å²) in [5.41, 5.74) is 2.21. The molecule has 0 unspecified atom stereocenters. The van der Waals surface area contributed by atoms with Crippen molar-refractivity contribution in [2.75, 3.05) is 0 Å². The van der Waals surface area contributed by atoms with E-state index in [1.54, 1.807) is 19.1 Å². The average Bonchev–Trinajstić information content (AvgIpc) is 3.06. The van der Waals surface area contributed by atoms with Crippen molar-refractivity contribution in [1.82, 2.24) is 10.2 Å². The Kier molecular flexibility index (Phi) is 4.19. The third-order valence-corrected chi connectivity index (χ3v) is 3.46. The van der Waals surface area contributed by atoms with Gasteiger partial charge in [0.15, 0.2) is 6.10 Å². The number of rotatable bonds is 4. The lowest BCUT2D eigenvalue weighted by molar-refractivity contribution is 0.0279. The fourth-order valence-corrected chi connectivity index (χ4v) is 2.17. The molecular weight excluding hydrogens is 292 g/mol. The van der Waals surface area contributed by atoms with Crippen LogP contribution in [0.25, 0.3) is 11.5 Å². The van der Waals surface area contributed by atoms with Crippen LogP contribution in [0.5, 0.6) is 0 Å². The van der Waals surface area contributed by atoms with Crippen molar-refractivity contribution in [2.45, 2.75) is 20.0 Å². The second-order valence-electron chi connectivity index (χ2n) is 5.17.